The van der Waals surface area contributed by atoms with E-state index in [0.29, 0.717) is 17.5 Å². The monoisotopic (exact) mass is 270 g/mol. The maximum absolute atomic E-state index is 11.2. The molecule has 0 radical (unpaired) electrons. The summed E-state index contributed by atoms with van der Waals surface area (Å²) >= 11 is 2.06. The zero-order valence-electron chi connectivity index (χ0n) is 11.6. The number of carbonyl (C=O) groups excluding carboxylic acids is 1. The van der Waals surface area contributed by atoms with Crippen molar-refractivity contribution in [1.82, 2.24) is 5.32 Å². The lowest BCUT2D eigenvalue weighted by molar-refractivity contribution is -0.122. The van der Waals surface area contributed by atoms with Crippen LogP contribution in [0.5, 0.6) is 0 Å². The lowest BCUT2D eigenvalue weighted by Gasteiger charge is -2.42. The number of amides is 1. The maximum atomic E-state index is 11.2. The second-order valence-corrected chi connectivity index (χ2v) is 7.63. The van der Waals surface area contributed by atoms with Crippen LogP contribution in [0.25, 0.3) is 0 Å². The predicted molar refractivity (Wildman–Crippen MR) is 77.6 cm³/mol. The maximum Gasteiger partial charge on any atom is 0.220 e. The molecule has 2 rings (SSSR count). The Morgan fingerprint density at radius 1 is 1.28 bits per heavy atom. The molecular formula is C14H26N2OS. The molecule has 1 unspecified atom stereocenters. The minimum atomic E-state index is -0.109. The van der Waals surface area contributed by atoms with E-state index in [1.54, 1.807) is 0 Å². The lowest BCUT2D eigenvalue weighted by Crippen LogP contribution is -2.51. The molecule has 1 heterocycles. The van der Waals surface area contributed by atoms with E-state index in [2.05, 4.69) is 30.9 Å². The number of primary amides is 1. The zero-order chi connectivity index (χ0) is 13.2. The average molecular weight is 270 g/mol. The Labute approximate surface area is 115 Å². The third-order valence-corrected chi connectivity index (χ3v) is 5.75. The summed E-state index contributed by atoms with van der Waals surface area (Å²) in [4.78, 5) is 11.2. The van der Waals surface area contributed by atoms with Crippen LogP contribution >= 0.6 is 11.8 Å². The Kier molecular flexibility index (Phi) is 4.59. The summed E-state index contributed by atoms with van der Waals surface area (Å²) in [5.41, 5.74) is 5.79. The Bertz CT molecular complexity index is 298. The summed E-state index contributed by atoms with van der Waals surface area (Å²) < 4.78 is 0. The third kappa shape index (κ3) is 3.41. The van der Waals surface area contributed by atoms with E-state index in [1.807, 2.05) is 0 Å². The van der Waals surface area contributed by atoms with Gasteiger partial charge in [0.15, 0.2) is 0 Å². The first kappa shape index (κ1) is 14.2. The van der Waals surface area contributed by atoms with Gasteiger partial charge in [0, 0.05) is 23.8 Å². The number of thioether (sulfide) groups is 1. The summed E-state index contributed by atoms with van der Waals surface area (Å²) in [5.74, 6) is 2.53. The molecule has 0 aromatic carbocycles. The third-order valence-electron chi connectivity index (χ3n) is 4.69. The van der Waals surface area contributed by atoms with E-state index in [0.717, 1.165) is 25.7 Å². The van der Waals surface area contributed by atoms with Crippen molar-refractivity contribution in [2.45, 2.75) is 58.0 Å². The molecule has 1 amide bonds. The molecule has 1 atom stereocenters. The normalized spacial score (nSPS) is 36.2. The second-order valence-electron chi connectivity index (χ2n) is 6.48. The van der Waals surface area contributed by atoms with Crippen molar-refractivity contribution in [1.29, 1.82) is 0 Å². The van der Waals surface area contributed by atoms with Crippen LogP contribution in [-0.2, 0) is 4.79 Å². The van der Waals surface area contributed by atoms with Crippen molar-refractivity contribution in [3.63, 3.8) is 0 Å². The Morgan fingerprint density at radius 3 is 2.50 bits per heavy atom. The molecule has 0 aromatic rings. The molecule has 0 aromatic heterocycles. The van der Waals surface area contributed by atoms with Crippen LogP contribution in [0.2, 0.25) is 0 Å². The standard InChI is InChI=1S/C14H26N2OS/c1-14(2)7-8-18-9-12(14)16-11-5-3-10(4-6-11)13(15)17/h10-12,16H,3-9H2,1-2H3,(H2,15,17). The van der Waals surface area contributed by atoms with Gasteiger partial charge in [-0.2, -0.15) is 11.8 Å². The Morgan fingerprint density at radius 2 is 1.94 bits per heavy atom. The molecule has 0 bridgehead atoms. The van der Waals surface area contributed by atoms with E-state index in [-0.39, 0.29) is 11.8 Å². The van der Waals surface area contributed by atoms with Crippen LogP contribution < -0.4 is 11.1 Å². The molecule has 4 heteroatoms. The van der Waals surface area contributed by atoms with E-state index >= 15 is 0 Å². The minimum absolute atomic E-state index is 0.109. The Hall–Kier alpha value is -0.220. The van der Waals surface area contributed by atoms with Crippen molar-refractivity contribution < 1.29 is 4.79 Å². The number of hydrogen-bond acceptors (Lipinski definition) is 3. The van der Waals surface area contributed by atoms with Gasteiger partial charge in [-0.1, -0.05) is 13.8 Å². The quantitative estimate of drug-likeness (QED) is 0.826. The van der Waals surface area contributed by atoms with Gasteiger partial charge in [0.25, 0.3) is 0 Å². The first-order valence-electron chi connectivity index (χ1n) is 7.12. The molecular weight excluding hydrogens is 244 g/mol. The fourth-order valence-electron chi connectivity index (χ4n) is 3.04. The highest BCUT2D eigenvalue weighted by Crippen LogP contribution is 2.35. The van der Waals surface area contributed by atoms with Crippen LogP contribution in [0.3, 0.4) is 0 Å². The van der Waals surface area contributed by atoms with Crippen LogP contribution in [0.4, 0.5) is 0 Å². The minimum Gasteiger partial charge on any atom is -0.369 e. The van der Waals surface area contributed by atoms with Gasteiger partial charge in [0.05, 0.1) is 0 Å². The van der Waals surface area contributed by atoms with Crippen LogP contribution in [0, 0.1) is 11.3 Å². The van der Waals surface area contributed by atoms with E-state index in [1.165, 1.54) is 17.9 Å². The van der Waals surface area contributed by atoms with Crippen LogP contribution in [-0.4, -0.2) is 29.5 Å². The van der Waals surface area contributed by atoms with Crippen molar-refractivity contribution in [2.24, 2.45) is 17.1 Å². The van der Waals surface area contributed by atoms with Crippen molar-refractivity contribution in [3.05, 3.63) is 0 Å². The number of nitrogens with two attached hydrogens (primary N) is 1. The molecule has 1 aliphatic heterocycles. The van der Waals surface area contributed by atoms with Crippen LogP contribution in [0.15, 0.2) is 0 Å². The molecule has 104 valence electrons. The first-order valence-corrected chi connectivity index (χ1v) is 8.27. The molecule has 1 saturated heterocycles. The predicted octanol–water partition coefficient (Wildman–Crippen LogP) is 2.15. The van der Waals surface area contributed by atoms with Gasteiger partial charge >= 0.3 is 0 Å². The number of rotatable bonds is 3. The average Bonchev–Trinajstić information content (AvgIpc) is 2.32. The zero-order valence-corrected chi connectivity index (χ0v) is 12.4. The highest BCUT2D eigenvalue weighted by Gasteiger charge is 2.35. The molecule has 18 heavy (non-hydrogen) atoms. The van der Waals surface area contributed by atoms with Gasteiger partial charge < -0.3 is 11.1 Å². The van der Waals surface area contributed by atoms with E-state index in [9.17, 15) is 4.79 Å². The number of carbonyl (C=O) groups is 1. The SMILES string of the molecule is CC1(C)CCSCC1NC1CCC(C(N)=O)CC1. The summed E-state index contributed by atoms with van der Waals surface area (Å²) in [5, 5.41) is 3.83. The van der Waals surface area contributed by atoms with E-state index in [4.69, 9.17) is 5.73 Å². The summed E-state index contributed by atoms with van der Waals surface area (Å²) in [6.45, 7) is 4.75. The first-order chi connectivity index (χ1) is 8.49. The molecule has 3 N–H and O–H groups in total. The topological polar surface area (TPSA) is 55.1 Å². The van der Waals surface area contributed by atoms with Crippen molar-refractivity contribution in [2.75, 3.05) is 11.5 Å². The summed E-state index contributed by atoms with van der Waals surface area (Å²) in [6, 6.07) is 1.20. The fourth-order valence-corrected chi connectivity index (χ4v) is 4.66. The number of nitrogens with one attached hydrogen (secondary N) is 1. The number of hydrogen-bond donors (Lipinski definition) is 2. The van der Waals surface area contributed by atoms with E-state index < -0.39 is 0 Å². The smallest absolute Gasteiger partial charge is 0.220 e. The molecule has 1 saturated carbocycles. The van der Waals surface area contributed by atoms with Gasteiger partial charge in [-0.15, -0.1) is 0 Å². The Balaban J connectivity index is 1.82. The molecule has 2 fully saturated rings. The summed E-state index contributed by atoms with van der Waals surface area (Å²) in [7, 11) is 0. The lowest BCUT2D eigenvalue weighted by atomic mass is 9.80. The molecule has 1 aliphatic carbocycles. The second kappa shape index (κ2) is 5.83. The van der Waals surface area contributed by atoms with Gasteiger partial charge in [0.2, 0.25) is 5.91 Å². The largest absolute Gasteiger partial charge is 0.369 e. The molecule has 0 spiro atoms. The summed E-state index contributed by atoms with van der Waals surface area (Å²) in [6.07, 6.45) is 5.43. The van der Waals surface area contributed by atoms with Gasteiger partial charge in [-0.05, 0) is 43.3 Å². The van der Waals surface area contributed by atoms with Gasteiger partial charge in [-0.25, -0.2) is 0 Å². The fraction of sp³-hybridized carbons (Fsp3) is 0.929. The molecule has 3 nitrogen and oxygen atoms in total. The highest BCUT2D eigenvalue weighted by molar-refractivity contribution is 7.99. The highest BCUT2D eigenvalue weighted by atomic mass is 32.2. The van der Waals surface area contributed by atoms with Gasteiger partial charge in [-0.3, -0.25) is 4.79 Å². The molecule has 2 aliphatic rings. The van der Waals surface area contributed by atoms with Gasteiger partial charge in [0.1, 0.15) is 0 Å². The van der Waals surface area contributed by atoms with Crippen molar-refractivity contribution in [3.8, 4) is 0 Å². The van der Waals surface area contributed by atoms with Crippen molar-refractivity contribution >= 4 is 17.7 Å². The van der Waals surface area contributed by atoms with Crippen LogP contribution in [0.1, 0.15) is 46.0 Å².